The molecule has 3 heteroatoms. The van der Waals surface area contributed by atoms with Gasteiger partial charge in [-0.25, -0.2) is 0 Å². The minimum Gasteiger partial charge on any atom is -0.395 e. The van der Waals surface area contributed by atoms with E-state index in [-0.39, 0.29) is 6.61 Å². The molecule has 0 saturated carbocycles. The van der Waals surface area contributed by atoms with Crippen molar-refractivity contribution in [3.05, 3.63) is 59.7 Å². The van der Waals surface area contributed by atoms with Gasteiger partial charge in [0.15, 0.2) is 0 Å². The van der Waals surface area contributed by atoms with Gasteiger partial charge in [-0.1, -0.05) is 48.0 Å². The van der Waals surface area contributed by atoms with Crippen LogP contribution < -0.4 is 5.73 Å². The predicted molar refractivity (Wildman–Crippen MR) is 81.3 cm³/mol. The fraction of sp³-hybridized carbons (Fsp3) is 0.294. The van der Waals surface area contributed by atoms with Crippen molar-refractivity contribution in [3.63, 3.8) is 0 Å². The summed E-state index contributed by atoms with van der Waals surface area (Å²) in [6.45, 7) is 1.94. The Morgan fingerprint density at radius 2 is 1.75 bits per heavy atom. The third kappa shape index (κ3) is 3.67. The van der Waals surface area contributed by atoms with Gasteiger partial charge in [0.1, 0.15) is 0 Å². The average molecular weight is 271 g/mol. The first-order chi connectivity index (χ1) is 9.60. The normalized spacial score (nSPS) is 14.0. The topological polar surface area (TPSA) is 66.5 Å². The molecule has 0 aliphatic heterocycles. The maximum atomic E-state index is 10.1. The molecule has 0 aliphatic rings. The zero-order chi connectivity index (χ0) is 14.5. The van der Waals surface area contributed by atoms with E-state index < -0.39 is 12.1 Å². The van der Waals surface area contributed by atoms with E-state index in [1.165, 1.54) is 5.56 Å². The van der Waals surface area contributed by atoms with Crippen LogP contribution in [0.15, 0.2) is 48.5 Å². The Morgan fingerprint density at radius 3 is 2.40 bits per heavy atom. The van der Waals surface area contributed by atoms with Crippen molar-refractivity contribution in [3.8, 4) is 11.1 Å². The third-order valence-electron chi connectivity index (χ3n) is 3.42. The summed E-state index contributed by atoms with van der Waals surface area (Å²) in [5.74, 6) is 0. The first-order valence-electron chi connectivity index (χ1n) is 6.81. The maximum Gasteiger partial charge on any atom is 0.0805 e. The zero-order valence-corrected chi connectivity index (χ0v) is 11.7. The molecule has 20 heavy (non-hydrogen) atoms. The maximum absolute atomic E-state index is 10.1. The Kier molecular flexibility index (Phi) is 4.90. The van der Waals surface area contributed by atoms with Crippen LogP contribution in [0.4, 0.5) is 0 Å². The first-order valence-corrected chi connectivity index (χ1v) is 6.81. The van der Waals surface area contributed by atoms with Crippen molar-refractivity contribution >= 4 is 0 Å². The van der Waals surface area contributed by atoms with Crippen LogP contribution in [-0.4, -0.2) is 22.9 Å². The van der Waals surface area contributed by atoms with Crippen molar-refractivity contribution in [2.24, 2.45) is 5.73 Å². The van der Waals surface area contributed by atoms with E-state index in [9.17, 15) is 5.11 Å². The highest BCUT2D eigenvalue weighted by molar-refractivity contribution is 5.64. The van der Waals surface area contributed by atoms with Crippen molar-refractivity contribution in [1.82, 2.24) is 0 Å². The van der Waals surface area contributed by atoms with Crippen molar-refractivity contribution in [2.75, 3.05) is 6.61 Å². The van der Waals surface area contributed by atoms with Gasteiger partial charge in [-0.2, -0.15) is 0 Å². The number of hydrogen-bond acceptors (Lipinski definition) is 3. The van der Waals surface area contributed by atoms with Crippen molar-refractivity contribution < 1.29 is 10.2 Å². The molecule has 0 aliphatic carbocycles. The standard InChI is InChI=1S/C17H21NO2/c1-12-5-7-13(8-6-12)14-3-2-4-15(9-14)17(20)10-16(18)11-19/h2-9,16-17,19-20H,10-11,18H2,1H3/t16-,17+/m1/s1. The molecule has 106 valence electrons. The molecule has 0 unspecified atom stereocenters. The van der Waals surface area contributed by atoms with Gasteiger partial charge in [0.2, 0.25) is 0 Å². The molecule has 0 fully saturated rings. The Labute approximate surface area is 119 Å². The lowest BCUT2D eigenvalue weighted by Gasteiger charge is -2.15. The van der Waals surface area contributed by atoms with E-state index >= 15 is 0 Å². The van der Waals surface area contributed by atoms with Crippen LogP contribution in [0, 0.1) is 6.92 Å². The third-order valence-corrected chi connectivity index (χ3v) is 3.42. The molecular formula is C17H21NO2. The molecule has 4 N–H and O–H groups in total. The first kappa shape index (κ1) is 14.7. The highest BCUT2D eigenvalue weighted by atomic mass is 16.3. The van der Waals surface area contributed by atoms with Crippen LogP contribution in [-0.2, 0) is 0 Å². The molecular weight excluding hydrogens is 250 g/mol. The Bertz CT molecular complexity index is 551. The van der Waals surface area contributed by atoms with E-state index in [0.29, 0.717) is 6.42 Å². The Hall–Kier alpha value is -1.68. The van der Waals surface area contributed by atoms with Gasteiger partial charge in [0, 0.05) is 6.04 Å². The summed E-state index contributed by atoms with van der Waals surface area (Å²) < 4.78 is 0. The number of hydrogen-bond donors (Lipinski definition) is 3. The molecule has 2 rings (SSSR count). The Balaban J connectivity index is 2.21. The number of aliphatic hydroxyl groups excluding tert-OH is 2. The summed E-state index contributed by atoms with van der Waals surface area (Å²) in [5.41, 5.74) is 9.90. The molecule has 0 saturated heterocycles. The second-order valence-corrected chi connectivity index (χ2v) is 5.19. The number of nitrogens with two attached hydrogens (primary N) is 1. The van der Waals surface area contributed by atoms with Crippen LogP contribution in [0.2, 0.25) is 0 Å². The second-order valence-electron chi connectivity index (χ2n) is 5.19. The van der Waals surface area contributed by atoms with Crippen LogP contribution in [0.25, 0.3) is 11.1 Å². The van der Waals surface area contributed by atoms with Crippen LogP contribution in [0.1, 0.15) is 23.7 Å². The van der Waals surface area contributed by atoms with E-state index in [0.717, 1.165) is 16.7 Å². The minimum atomic E-state index is -0.650. The molecule has 0 bridgehead atoms. The minimum absolute atomic E-state index is 0.116. The molecule has 0 heterocycles. The quantitative estimate of drug-likeness (QED) is 0.782. The lowest BCUT2D eigenvalue weighted by atomic mass is 9.97. The summed E-state index contributed by atoms with van der Waals surface area (Å²) in [6, 6.07) is 15.7. The molecule has 0 radical (unpaired) electrons. The van der Waals surface area contributed by atoms with Gasteiger partial charge >= 0.3 is 0 Å². The monoisotopic (exact) mass is 271 g/mol. The van der Waals surface area contributed by atoms with Gasteiger partial charge in [-0.15, -0.1) is 0 Å². The Morgan fingerprint density at radius 1 is 1.05 bits per heavy atom. The summed E-state index contributed by atoms with van der Waals surface area (Å²) in [7, 11) is 0. The average Bonchev–Trinajstić information content (AvgIpc) is 2.48. The summed E-state index contributed by atoms with van der Waals surface area (Å²) in [6.07, 6.45) is -0.295. The van der Waals surface area contributed by atoms with Crippen molar-refractivity contribution in [1.29, 1.82) is 0 Å². The molecule has 0 amide bonds. The molecule has 2 aromatic rings. The van der Waals surface area contributed by atoms with Crippen LogP contribution in [0.3, 0.4) is 0 Å². The number of benzene rings is 2. The van der Waals surface area contributed by atoms with E-state index in [2.05, 4.69) is 31.2 Å². The molecule has 0 aromatic heterocycles. The number of aliphatic hydroxyl groups is 2. The van der Waals surface area contributed by atoms with E-state index in [1.54, 1.807) is 0 Å². The van der Waals surface area contributed by atoms with Gasteiger partial charge in [0.05, 0.1) is 12.7 Å². The summed E-state index contributed by atoms with van der Waals surface area (Å²) >= 11 is 0. The fourth-order valence-electron chi connectivity index (χ4n) is 2.17. The van der Waals surface area contributed by atoms with Crippen LogP contribution in [0.5, 0.6) is 0 Å². The molecule has 3 nitrogen and oxygen atoms in total. The lowest BCUT2D eigenvalue weighted by molar-refractivity contribution is 0.140. The smallest absolute Gasteiger partial charge is 0.0805 e. The zero-order valence-electron chi connectivity index (χ0n) is 11.7. The highest BCUT2D eigenvalue weighted by Crippen LogP contribution is 2.25. The summed E-state index contributed by atoms with van der Waals surface area (Å²) in [5, 5.41) is 19.1. The second kappa shape index (κ2) is 6.66. The predicted octanol–water partition coefficient (Wildman–Crippen LogP) is 2.41. The van der Waals surface area contributed by atoms with E-state index in [4.69, 9.17) is 10.8 Å². The van der Waals surface area contributed by atoms with Gasteiger partial charge < -0.3 is 15.9 Å². The largest absolute Gasteiger partial charge is 0.395 e. The lowest BCUT2D eigenvalue weighted by Crippen LogP contribution is -2.26. The van der Waals surface area contributed by atoms with Crippen molar-refractivity contribution in [2.45, 2.75) is 25.5 Å². The van der Waals surface area contributed by atoms with Gasteiger partial charge in [-0.3, -0.25) is 0 Å². The van der Waals surface area contributed by atoms with Crippen LogP contribution >= 0.6 is 0 Å². The number of aryl methyl sites for hydroxylation is 1. The SMILES string of the molecule is Cc1ccc(-c2cccc([C@@H](O)C[C@@H](N)CO)c2)cc1. The molecule has 0 spiro atoms. The van der Waals surface area contributed by atoms with Gasteiger partial charge in [0.25, 0.3) is 0 Å². The van der Waals surface area contributed by atoms with E-state index in [1.807, 2.05) is 24.3 Å². The summed E-state index contributed by atoms with van der Waals surface area (Å²) in [4.78, 5) is 0. The number of rotatable bonds is 5. The molecule has 2 aromatic carbocycles. The van der Waals surface area contributed by atoms with Gasteiger partial charge in [-0.05, 0) is 36.1 Å². The molecule has 2 atom stereocenters. The highest BCUT2D eigenvalue weighted by Gasteiger charge is 2.12. The fourth-order valence-corrected chi connectivity index (χ4v) is 2.17.